The van der Waals surface area contributed by atoms with Gasteiger partial charge in [-0.05, 0) is 53.7 Å². The number of halogens is 1. The Morgan fingerprint density at radius 1 is 1.21 bits per heavy atom. The van der Waals surface area contributed by atoms with Crippen molar-refractivity contribution in [3.05, 3.63) is 60.7 Å². The van der Waals surface area contributed by atoms with Gasteiger partial charge in [-0.15, -0.1) is 5.10 Å². The molecule has 8 heteroatoms. The molecule has 3 aromatic rings. The lowest BCUT2D eigenvalue weighted by Gasteiger charge is -2.15. The van der Waals surface area contributed by atoms with Crippen LogP contribution in [0, 0.1) is 5.82 Å². The highest BCUT2D eigenvalue weighted by Gasteiger charge is 2.16. The normalized spacial score (nSPS) is 11.8. The number of amides is 1. The molecule has 0 bridgehead atoms. The maximum absolute atomic E-state index is 13.5. The zero-order chi connectivity index (χ0) is 16.9. The van der Waals surface area contributed by atoms with Gasteiger partial charge in [0, 0.05) is 5.69 Å². The highest BCUT2D eigenvalue weighted by molar-refractivity contribution is 5.94. The highest BCUT2D eigenvalue weighted by Crippen LogP contribution is 2.18. The number of ether oxygens (including phenoxy) is 1. The van der Waals surface area contributed by atoms with Crippen molar-refractivity contribution < 1.29 is 13.9 Å². The van der Waals surface area contributed by atoms with Crippen molar-refractivity contribution in [3.8, 4) is 11.4 Å². The van der Waals surface area contributed by atoms with Crippen LogP contribution in [0.2, 0.25) is 0 Å². The molecule has 1 N–H and O–H groups in total. The van der Waals surface area contributed by atoms with Gasteiger partial charge in [0.2, 0.25) is 0 Å². The number of rotatable bonds is 5. The SMILES string of the molecule is C[C@@H](Oc1ccccc1F)C(=O)Nc1ccc(-n2cnnn2)cc1. The molecule has 7 nitrogen and oxygen atoms in total. The van der Waals surface area contributed by atoms with Crippen LogP contribution in [-0.2, 0) is 4.79 Å². The van der Waals surface area contributed by atoms with E-state index in [0.717, 1.165) is 5.69 Å². The number of tetrazole rings is 1. The van der Waals surface area contributed by atoms with Gasteiger partial charge in [0.1, 0.15) is 6.33 Å². The molecule has 0 aliphatic rings. The third-order valence-electron chi connectivity index (χ3n) is 3.26. The van der Waals surface area contributed by atoms with Gasteiger partial charge in [0.15, 0.2) is 17.7 Å². The summed E-state index contributed by atoms with van der Waals surface area (Å²) in [5, 5.41) is 13.6. The predicted molar refractivity (Wildman–Crippen MR) is 84.3 cm³/mol. The van der Waals surface area contributed by atoms with Crippen LogP contribution in [0.4, 0.5) is 10.1 Å². The second kappa shape index (κ2) is 6.86. The lowest BCUT2D eigenvalue weighted by atomic mass is 10.2. The van der Waals surface area contributed by atoms with Crippen molar-refractivity contribution in [3.63, 3.8) is 0 Å². The first kappa shape index (κ1) is 15.6. The molecule has 24 heavy (non-hydrogen) atoms. The minimum Gasteiger partial charge on any atom is -0.478 e. The summed E-state index contributed by atoms with van der Waals surface area (Å²) in [6.45, 7) is 1.55. The van der Waals surface area contributed by atoms with Crippen molar-refractivity contribution in [2.75, 3.05) is 5.32 Å². The zero-order valence-electron chi connectivity index (χ0n) is 12.8. The molecule has 0 spiro atoms. The summed E-state index contributed by atoms with van der Waals surface area (Å²) in [5.41, 5.74) is 1.34. The smallest absolute Gasteiger partial charge is 0.265 e. The Bertz CT molecular complexity index is 821. The number of benzene rings is 2. The highest BCUT2D eigenvalue weighted by atomic mass is 19.1. The molecule has 0 aliphatic carbocycles. The number of carbonyl (C=O) groups is 1. The number of hydrogen-bond acceptors (Lipinski definition) is 5. The number of carbonyl (C=O) groups excluding carboxylic acids is 1. The van der Waals surface area contributed by atoms with Crippen LogP contribution in [0.5, 0.6) is 5.75 Å². The second-order valence-corrected chi connectivity index (χ2v) is 4.98. The Labute approximate surface area is 137 Å². The monoisotopic (exact) mass is 327 g/mol. The predicted octanol–water partition coefficient (Wildman–Crippen LogP) is 2.21. The van der Waals surface area contributed by atoms with E-state index in [1.165, 1.54) is 23.1 Å². The fourth-order valence-corrected chi connectivity index (χ4v) is 2.01. The molecule has 122 valence electrons. The van der Waals surface area contributed by atoms with Gasteiger partial charge in [0.05, 0.1) is 5.69 Å². The molecule has 1 heterocycles. The molecule has 1 amide bonds. The number of para-hydroxylation sites is 1. The lowest BCUT2D eigenvalue weighted by molar-refractivity contribution is -0.122. The number of hydrogen-bond donors (Lipinski definition) is 1. The topological polar surface area (TPSA) is 81.9 Å². The lowest BCUT2D eigenvalue weighted by Crippen LogP contribution is -2.30. The molecular weight excluding hydrogens is 313 g/mol. The number of aromatic nitrogens is 4. The molecule has 0 unspecified atom stereocenters. The van der Waals surface area contributed by atoms with Gasteiger partial charge in [-0.3, -0.25) is 4.79 Å². The van der Waals surface area contributed by atoms with E-state index < -0.39 is 11.9 Å². The Morgan fingerprint density at radius 2 is 1.96 bits per heavy atom. The van der Waals surface area contributed by atoms with Gasteiger partial charge in [-0.25, -0.2) is 9.07 Å². The molecule has 0 saturated heterocycles. The average molecular weight is 327 g/mol. The van der Waals surface area contributed by atoms with Crippen molar-refractivity contribution in [1.82, 2.24) is 20.2 Å². The van der Waals surface area contributed by atoms with Gasteiger partial charge in [0.25, 0.3) is 5.91 Å². The van der Waals surface area contributed by atoms with E-state index in [9.17, 15) is 9.18 Å². The minimum atomic E-state index is -0.846. The summed E-state index contributed by atoms with van der Waals surface area (Å²) in [7, 11) is 0. The van der Waals surface area contributed by atoms with E-state index in [2.05, 4.69) is 20.8 Å². The standard InChI is InChI=1S/C16H14FN5O2/c1-11(24-15-5-3-2-4-14(15)17)16(23)19-12-6-8-13(9-7-12)22-10-18-20-21-22/h2-11H,1H3,(H,19,23)/t11-/m1/s1. The third kappa shape index (κ3) is 3.54. The van der Waals surface area contributed by atoms with Gasteiger partial charge < -0.3 is 10.1 Å². The summed E-state index contributed by atoms with van der Waals surface area (Å²) in [6, 6.07) is 12.9. The van der Waals surface area contributed by atoms with Crippen molar-refractivity contribution in [2.24, 2.45) is 0 Å². The molecule has 0 saturated carbocycles. The molecule has 1 aromatic heterocycles. The van der Waals surface area contributed by atoms with E-state index in [4.69, 9.17) is 4.74 Å². The molecule has 0 radical (unpaired) electrons. The second-order valence-electron chi connectivity index (χ2n) is 4.98. The first-order valence-electron chi connectivity index (χ1n) is 7.19. The Balaban J connectivity index is 1.63. The first-order valence-corrected chi connectivity index (χ1v) is 7.19. The quantitative estimate of drug-likeness (QED) is 0.777. The maximum atomic E-state index is 13.5. The van der Waals surface area contributed by atoms with Crippen LogP contribution in [0.1, 0.15) is 6.92 Å². The maximum Gasteiger partial charge on any atom is 0.265 e. The third-order valence-corrected chi connectivity index (χ3v) is 3.26. The molecule has 3 rings (SSSR count). The Kier molecular flexibility index (Phi) is 4.46. The summed E-state index contributed by atoms with van der Waals surface area (Å²) >= 11 is 0. The van der Waals surface area contributed by atoms with Crippen LogP contribution in [0.25, 0.3) is 5.69 Å². The van der Waals surface area contributed by atoms with Gasteiger partial charge in [-0.1, -0.05) is 12.1 Å². The van der Waals surface area contributed by atoms with Crippen LogP contribution in [0.3, 0.4) is 0 Å². The van der Waals surface area contributed by atoms with Crippen molar-refractivity contribution in [1.29, 1.82) is 0 Å². The Morgan fingerprint density at radius 3 is 2.62 bits per heavy atom. The Hall–Kier alpha value is -3.29. The molecular formula is C16H14FN5O2. The fraction of sp³-hybridized carbons (Fsp3) is 0.125. The summed E-state index contributed by atoms with van der Waals surface area (Å²) in [4.78, 5) is 12.1. The van der Waals surface area contributed by atoms with Crippen LogP contribution in [-0.4, -0.2) is 32.2 Å². The largest absolute Gasteiger partial charge is 0.478 e. The van der Waals surface area contributed by atoms with E-state index >= 15 is 0 Å². The molecule has 1 atom stereocenters. The van der Waals surface area contributed by atoms with Gasteiger partial charge in [-0.2, -0.15) is 0 Å². The molecule has 0 fully saturated rings. The van der Waals surface area contributed by atoms with Crippen LogP contribution in [0.15, 0.2) is 54.9 Å². The molecule has 0 aliphatic heterocycles. The fourth-order valence-electron chi connectivity index (χ4n) is 2.01. The zero-order valence-corrected chi connectivity index (χ0v) is 12.8. The first-order chi connectivity index (χ1) is 11.6. The minimum absolute atomic E-state index is 0.0363. The van der Waals surface area contributed by atoms with E-state index in [-0.39, 0.29) is 11.7 Å². The van der Waals surface area contributed by atoms with Crippen LogP contribution < -0.4 is 10.1 Å². The van der Waals surface area contributed by atoms with Crippen molar-refractivity contribution >= 4 is 11.6 Å². The summed E-state index contributed by atoms with van der Waals surface area (Å²) in [5.74, 6) is -0.856. The summed E-state index contributed by atoms with van der Waals surface area (Å²) < 4.78 is 20.4. The van der Waals surface area contributed by atoms with E-state index in [1.807, 2.05) is 0 Å². The number of nitrogens with one attached hydrogen (secondary N) is 1. The van der Waals surface area contributed by atoms with E-state index in [1.54, 1.807) is 43.3 Å². The number of nitrogens with zero attached hydrogens (tertiary/aromatic N) is 4. The average Bonchev–Trinajstić information content (AvgIpc) is 3.12. The van der Waals surface area contributed by atoms with Gasteiger partial charge >= 0.3 is 0 Å². The number of anilines is 1. The van der Waals surface area contributed by atoms with Crippen molar-refractivity contribution in [2.45, 2.75) is 13.0 Å². The van der Waals surface area contributed by atoms with Crippen LogP contribution >= 0.6 is 0 Å². The van der Waals surface area contributed by atoms with E-state index in [0.29, 0.717) is 5.69 Å². The molecule has 2 aromatic carbocycles. The summed E-state index contributed by atoms with van der Waals surface area (Å²) in [6.07, 6.45) is 0.624.